The Hall–Kier alpha value is -1.35. The molecule has 3 nitrogen and oxygen atoms in total. The number of nitrogens with one attached hydrogen (secondary N) is 1. The lowest BCUT2D eigenvalue weighted by atomic mass is 9.87. The number of nitrogens with two attached hydrogens (primary N) is 1. The van der Waals surface area contributed by atoms with E-state index in [1.165, 1.54) is 5.56 Å². The van der Waals surface area contributed by atoms with Gasteiger partial charge in [0.1, 0.15) is 5.82 Å². The highest BCUT2D eigenvalue weighted by atomic mass is 15.0. The fourth-order valence-corrected chi connectivity index (χ4v) is 1.71. The van der Waals surface area contributed by atoms with Crippen molar-refractivity contribution in [1.82, 2.24) is 9.97 Å². The second kappa shape index (κ2) is 3.59. The maximum Gasteiger partial charge on any atom is 0.123 e. The van der Waals surface area contributed by atoms with Crippen LogP contribution in [0.1, 0.15) is 45.1 Å². The van der Waals surface area contributed by atoms with Crippen LogP contribution in [0.15, 0.2) is 18.2 Å². The Kier molecular flexibility index (Phi) is 2.50. The van der Waals surface area contributed by atoms with Gasteiger partial charge in [0, 0.05) is 0 Å². The number of fused-ring (bicyclic) bond motifs is 1. The van der Waals surface area contributed by atoms with Crippen LogP contribution in [0.25, 0.3) is 11.0 Å². The molecule has 0 saturated carbocycles. The van der Waals surface area contributed by atoms with Crippen LogP contribution >= 0.6 is 0 Å². The second-order valence-corrected chi connectivity index (χ2v) is 5.39. The van der Waals surface area contributed by atoms with Gasteiger partial charge in [0.05, 0.1) is 17.1 Å². The van der Waals surface area contributed by atoms with E-state index in [1.807, 2.05) is 6.92 Å². The summed E-state index contributed by atoms with van der Waals surface area (Å²) in [5.74, 6) is 0.848. The molecule has 2 rings (SSSR count). The quantitative estimate of drug-likeness (QED) is 0.771. The summed E-state index contributed by atoms with van der Waals surface area (Å²) in [4.78, 5) is 7.74. The molecule has 0 amide bonds. The Morgan fingerprint density at radius 2 is 2.00 bits per heavy atom. The molecule has 0 bridgehead atoms. The van der Waals surface area contributed by atoms with E-state index < -0.39 is 0 Å². The van der Waals surface area contributed by atoms with Crippen molar-refractivity contribution in [2.24, 2.45) is 5.73 Å². The maximum atomic E-state index is 5.81. The molecule has 0 radical (unpaired) electrons. The number of aromatic amines is 1. The number of nitrogens with zero attached hydrogens (tertiary/aromatic N) is 1. The highest BCUT2D eigenvalue weighted by Gasteiger charge is 2.15. The van der Waals surface area contributed by atoms with Crippen LogP contribution in [0, 0.1) is 0 Å². The summed E-state index contributed by atoms with van der Waals surface area (Å²) in [6.45, 7) is 8.54. The zero-order valence-electron chi connectivity index (χ0n) is 10.3. The molecular weight excluding hydrogens is 198 g/mol. The fourth-order valence-electron chi connectivity index (χ4n) is 1.71. The van der Waals surface area contributed by atoms with E-state index in [-0.39, 0.29) is 11.5 Å². The van der Waals surface area contributed by atoms with Crippen LogP contribution in [0.4, 0.5) is 0 Å². The SMILES string of the molecule is C[C@@H](N)c1nc2cc(C(C)(C)C)ccc2[nH]1. The first-order valence-electron chi connectivity index (χ1n) is 5.63. The summed E-state index contributed by atoms with van der Waals surface area (Å²) in [6, 6.07) is 6.31. The van der Waals surface area contributed by atoms with Crippen LogP contribution in [-0.4, -0.2) is 9.97 Å². The minimum Gasteiger partial charge on any atom is -0.341 e. The molecule has 0 aliphatic carbocycles. The number of imidazole rings is 1. The number of benzene rings is 1. The Morgan fingerprint density at radius 3 is 2.56 bits per heavy atom. The first-order chi connectivity index (χ1) is 7.38. The molecule has 0 unspecified atom stereocenters. The molecule has 0 fully saturated rings. The molecule has 1 heterocycles. The van der Waals surface area contributed by atoms with Crippen molar-refractivity contribution in [3.63, 3.8) is 0 Å². The molecule has 0 aliphatic heterocycles. The van der Waals surface area contributed by atoms with Crippen LogP contribution in [0.3, 0.4) is 0 Å². The first-order valence-corrected chi connectivity index (χ1v) is 5.63. The lowest BCUT2D eigenvalue weighted by Crippen LogP contribution is -2.10. The van der Waals surface area contributed by atoms with Crippen molar-refractivity contribution in [2.75, 3.05) is 0 Å². The van der Waals surface area contributed by atoms with Crippen molar-refractivity contribution < 1.29 is 0 Å². The summed E-state index contributed by atoms with van der Waals surface area (Å²) in [5, 5.41) is 0. The van der Waals surface area contributed by atoms with Crippen molar-refractivity contribution in [3.8, 4) is 0 Å². The zero-order valence-corrected chi connectivity index (χ0v) is 10.3. The Bertz CT molecular complexity index is 503. The number of hydrogen-bond acceptors (Lipinski definition) is 2. The largest absolute Gasteiger partial charge is 0.341 e. The molecular formula is C13H19N3. The van der Waals surface area contributed by atoms with Crippen molar-refractivity contribution in [2.45, 2.75) is 39.2 Å². The van der Waals surface area contributed by atoms with Crippen LogP contribution in [0.5, 0.6) is 0 Å². The Labute approximate surface area is 96.1 Å². The molecule has 0 spiro atoms. The van der Waals surface area contributed by atoms with E-state index in [0.29, 0.717) is 0 Å². The number of hydrogen-bond donors (Lipinski definition) is 2. The molecule has 1 atom stereocenters. The standard InChI is InChI=1S/C13H19N3/c1-8(14)12-15-10-6-5-9(13(2,3)4)7-11(10)16-12/h5-8H,14H2,1-4H3,(H,15,16)/t8-/m1/s1. The van der Waals surface area contributed by atoms with Gasteiger partial charge < -0.3 is 10.7 Å². The third-order valence-corrected chi connectivity index (χ3v) is 2.80. The van der Waals surface area contributed by atoms with E-state index in [1.54, 1.807) is 0 Å². The van der Waals surface area contributed by atoms with E-state index in [9.17, 15) is 0 Å². The van der Waals surface area contributed by atoms with Gasteiger partial charge in [0.25, 0.3) is 0 Å². The van der Waals surface area contributed by atoms with Crippen LogP contribution in [-0.2, 0) is 5.41 Å². The summed E-state index contributed by atoms with van der Waals surface area (Å²) < 4.78 is 0. The predicted octanol–water partition coefficient (Wildman–Crippen LogP) is 2.88. The van der Waals surface area contributed by atoms with Gasteiger partial charge in [-0.15, -0.1) is 0 Å². The van der Waals surface area contributed by atoms with Gasteiger partial charge in [0.15, 0.2) is 0 Å². The van der Waals surface area contributed by atoms with E-state index in [0.717, 1.165) is 16.9 Å². The topological polar surface area (TPSA) is 54.7 Å². The lowest BCUT2D eigenvalue weighted by molar-refractivity contribution is 0.591. The summed E-state index contributed by atoms with van der Waals surface area (Å²) in [7, 11) is 0. The molecule has 0 aliphatic rings. The molecule has 0 saturated heterocycles. The highest BCUT2D eigenvalue weighted by molar-refractivity contribution is 5.76. The zero-order chi connectivity index (χ0) is 11.9. The number of H-pyrrole nitrogens is 1. The van der Waals surface area contributed by atoms with Gasteiger partial charge in [-0.3, -0.25) is 0 Å². The molecule has 3 N–H and O–H groups in total. The summed E-state index contributed by atoms with van der Waals surface area (Å²) in [6.07, 6.45) is 0. The maximum absolute atomic E-state index is 5.81. The van der Waals surface area contributed by atoms with Gasteiger partial charge in [-0.05, 0) is 30.0 Å². The molecule has 86 valence electrons. The van der Waals surface area contributed by atoms with E-state index in [2.05, 4.69) is 48.9 Å². The van der Waals surface area contributed by atoms with Gasteiger partial charge >= 0.3 is 0 Å². The Morgan fingerprint density at radius 1 is 1.31 bits per heavy atom. The molecule has 1 aromatic heterocycles. The second-order valence-electron chi connectivity index (χ2n) is 5.39. The van der Waals surface area contributed by atoms with Gasteiger partial charge in [-0.2, -0.15) is 0 Å². The van der Waals surface area contributed by atoms with E-state index >= 15 is 0 Å². The number of rotatable bonds is 1. The van der Waals surface area contributed by atoms with Gasteiger partial charge in [-0.1, -0.05) is 26.8 Å². The first kappa shape index (κ1) is 11.1. The summed E-state index contributed by atoms with van der Waals surface area (Å²) >= 11 is 0. The molecule has 1 aromatic carbocycles. The number of aromatic nitrogens is 2. The lowest BCUT2D eigenvalue weighted by Gasteiger charge is -2.18. The third-order valence-electron chi connectivity index (χ3n) is 2.80. The molecule has 2 aromatic rings. The smallest absolute Gasteiger partial charge is 0.123 e. The van der Waals surface area contributed by atoms with Gasteiger partial charge in [-0.25, -0.2) is 4.98 Å². The van der Waals surface area contributed by atoms with Gasteiger partial charge in [0.2, 0.25) is 0 Å². The summed E-state index contributed by atoms with van der Waals surface area (Å²) in [5.41, 5.74) is 9.31. The van der Waals surface area contributed by atoms with Crippen LogP contribution < -0.4 is 5.73 Å². The minimum atomic E-state index is -0.0505. The molecule has 16 heavy (non-hydrogen) atoms. The van der Waals surface area contributed by atoms with Crippen molar-refractivity contribution >= 4 is 11.0 Å². The third kappa shape index (κ3) is 1.95. The van der Waals surface area contributed by atoms with Crippen molar-refractivity contribution in [1.29, 1.82) is 0 Å². The highest BCUT2D eigenvalue weighted by Crippen LogP contribution is 2.25. The average molecular weight is 217 g/mol. The molecule has 3 heteroatoms. The predicted molar refractivity (Wildman–Crippen MR) is 67.4 cm³/mol. The van der Waals surface area contributed by atoms with E-state index in [4.69, 9.17) is 5.73 Å². The average Bonchev–Trinajstić information content (AvgIpc) is 2.58. The Balaban J connectivity index is 2.54. The van der Waals surface area contributed by atoms with Crippen molar-refractivity contribution in [3.05, 3.63) is 29.6 Å². The minimum absolute atomic E-state index is 0.0505. The normalized spacial score (nSPS) is 14.3. The van der Waals surface area contributed by atoms with Crippen LogP contribution in [0.2, 0.25) is 0 Å². The monoisotopic (exact) mass is 217 g/mol. The fraction of sp³-hybridized carbons (Fsp3) is 0.462.